The van der Waals surface area contributed by atoms with Gasteiger partial charge in [0.2, 0.25) is 11.8 Å². The third kappa shape index (κ3) is 4.05. The minimum Gasteiger partial charge on any atom is -0.355 e. The molecule has 4 aliphatic carbocycles. The summed E-state index contributed by atoms with van der Waals surface area (Å²) in [6.45, 7) is 2.11. The Labute approximate surface area is 190 Å². The molecule has 1 aromatic heterocycles. The number of aromatic nitrogens is 1. The lowest BCUT2D eigenvalue weighted by molar-refractivity contribution is -0.146. The lowest BCUT2D eigenvalue weighted by atomic mass is 9.49. The standard InChI is InChI=1S/C24H27F2N3O2S/c1-13-21(17-2-3-18(25)19(26)9-17)29-23(32-13)28-20(30)4-5-27-22(31)24-10-14-6-15(11-24)8-16(7-14)12-24/h2-3,9,14-16H,4-8,10-12H2,1H3,(H,27,31)(H,28,29,30). The molecule has 4 fully saturated rings. The van der Waals surface area contributed by atoms with Crippen molar-refractivity contribution in [3.05, 3.63) is 34.7 Å². The summed E-state index contributed by atoms with van der Waals surface area (Å²) in [6.07, 6.45) is 7.03. The van der Waals surface area contributed by atoms with Crippen LogP contribution in [0.15, 0.2) is 18.2 Å². The average Bonchev–Trinajstić information content (AvgIpc) is 3.08. The maximum absolute atomic E-state index is 13.6. The van der Waals surface area contributed by atoms with E-state index in [-0.39, 0.29) is 23.7 Å². The Bertz CT molecular complexity index is 1030. The SMILES string of the molecule is Cc1sc(NC(=O)CCNC(=O)C23CC4CC(CC(C4)C2)C3)nc1-c1ccc(F)c(F)c1. The topological polar surface area (TPSA) is 71.1 Å². The number of nitrogens with zero attached hydrogens (tertiary/aromatic N) is 1. The highest BCUT2D eigenvalue weighted by Gasteiger charge is 2.54. The number of rotatable bonds is 6. The zero-order valence-electron chi connectivity index (χ0n) is 18.0. The molecule has 2 amide bonds. The minimum atomic E-state index is -0.935. The van der Waals surface area contributed by atoms with Crippen molar-refractivity contribution >= 4 is 28.3 Å². The Kier molecular flexibility index (Phi) is 5.51. The van der Waals surface area contributed by atoms with Crippen molar-refractivity contribution < 1.29 is 18.4 Å². The number of benzene rings is 1. The first kappa shape index (κ1) is 21.5. The molecule has 2 aromatic rings. The summed E-state index contributed by atoms with van der Waals surface area (Å²) in [4.78, 5) is 30.5. The van der Waals surface area contributed by atoms with Crippen molar-refractivity contribution in [2.45, 2.75) is 51.9 Å². The van der Waals surface area contributed by atoms with Gasteiger partial charge in [-0.25, -0.2) is 13.8 Å². The van der Waals surface area contributed by atoms with Crippen LogP contribution in [0.25, 0.3) is 11.3 Å². The Morgan fingerprint density at radius 1 is 1.09 bits per heavy atom. The van der Waals surface area contributed by atoms with Crippen molar-refractivity contribution in [2.75, 3.05) is 11.9 Å². The van der Waals surface area contributed by atoms with Crippen molar-refractivity contribution in [1.29, 1.82) is 0 Å². The molecule has 1 heterocycles. The van der Waals surface area contributed by atoms with Crippen LogP contribution in [0.3, 0.4) is 0 Å². The number of carbonyl (C=O) groups is 2. The molecule has 4 bridgehead atoms. The fraction of sp³-hybridized carbons (Fsp3) is 0.542. The summed E-state index contributed by atoms with van der Waals surface area (Å²) < 4.78 is 26.7. The number of hydrogen-bond acceptors (Lipinski definition) is 4. The van der Waals surface area contributed by atoms with Gasteiger partial charge in [-0.3, -0.25) is 9.59 Å². The third-order valence-electron chi connectivity index (χ3n) is 7.39. The summed E-state index contributed by atoms with van der Waals surface area (Å²) >= 11 is 1.28. The van der Waals surface area contributed by atoms with Crippen LogP contribution in [0.4, 0.5) is 13.9 Å². The first-order chi connectivity index (χ1) is 15.3. The van der Waals surface area contributed by atoms with Gasteiger partial charge in [-0.15, -0.1) is 11.3 Å². The summed E-state index contributed by atoms with van der Waals surface area (Å²) in [5.41, 5.74) is 0.761. The zero-order valence-corrected chi connectivity index (χ0v) is 18.9. The zero-order chi connectivity index (χ0) is 22.5. The van der Waals surface area contributed by atoms with Crippen LogP contribution in [0, 0.1) is 41.7 Å². The molecule has 0 spiro atoms. The number of halogens is 2. The van der Waals surface area contributed by atoms with E-state index in [1.165, 1.54) is 36.7 Å². The normalized spacial score (nSPS) is 28.0. The summed E-state index contributed by atoms with van der Waals surface area (Å²) in [5.74, 6) is 0.143. The summed E-state index contributed by atoms with van der Waals surface area (Å²) in [6, 6.07) is 3.63. The predicted octanol–water partition coefficient (Wildman–Crippen LogP) is 5.06. The van der Waals surface area contributed by atoms with Crippen LogP contribution in [-0.2, 0) is 9.59 Å². The van der Waals surface area contributed by atoms with E-state index in [0.29, 0.717) is 40.7 Å². The Balaban J connectivity index is 1.15. The van der Waals surface area contributed by atoms with Gasteiger partial charge < -0.3 is 10.6 Å². The molecule has 4 saturated carbocycles. The quantitative estimate of drug-likeness (QED) is 0.635. The molecule has 2 N–H and O–H groups in total. The monoisotopic (exact) mass is 459 g/mol. The Morgan fingerprint density at radius 3 is 2.38 bits per heavy atom. The maximum atomic E-state index is 13.6. The third-order valence-corrected chi connectivity index (χ3v) is 8.28. The van der Waals surface area contributed by atoms with Gasteiger partial charge in [-0.05, 0) is 81.4 Å². The van der Waals surface area contributed by atoms with E-state index >= 15 is 0 Å². The lowest BCUT2D eigenvalue weighted by Gasteiger charge is -2.55. The second-order valence-electron chi connectivity index (χ2n) is 9.80. The minimum absolute atomic E-state index is 0.120. The molecule has 4 aliphatic rings. The molecule has 5 nitrogen and oxygen atoms in total. The largest absolute Gasteiger partial charge is 0.355 e. The Morgan fingerprint density at radius 2 is 1.75 bits per heavy atom. The van der Waals surface area contributed by atoms with Crippen molar-refractivity contribution in [3.8, 4) is 11.3 Å². The number of carbonyl (C=O) groups excluding carboxylic acids is 2. The smallest absolute Gasteiger partial charge is 0.227 e. The van der Waals surface area contributed by atoms with E-state index in [1.807, 2.05) is 6.92 Å². The molecular weight excluding hydrogens is 432 g/mol. The molecule has 8 heteroatoms. The van der Waals surface area contributed by atoms with Gasteiger partial charge in [0.05, 0.1) is 5.69 Å². The predicted molar refractivity (Wildman–Crippen MR) is 119 cm³/mol. The van der Waals surface area contributed by atoms with E-state index in [9.17, 15) is 18.4 Å². The molecule has 1 aromatic carbocycles. The molecule has 0 saturated heterocycles. The molecule has 0 atom stereocenters. The molecule has 0 radical (unpaired) electrons. The molecule has 0 unspecified atom stereocenters. The molecule has 6 rings (SSSR count). The number of amides is 2. The van der Waals surface area contributed by atoms with Gasteiger partial charge in [-0.1, -0.05) is 0 Å². The van der Waals surface area contributed by atoms with Crippen LogP contribution >= 0.6 is 11.3 Å². The van der Waals surface area contributed by atoms with Crippen molar-refractivity contribution in [2.24, 2.45) is 23.2 Å². The average molecular weight is 460 g/mol. The van der Waals surface area contributed by atoms with Crippen molar-refractivity contribution in [1.82, 2.24) is 10.3 Å². The van der Waals surface area contributed by atoms with Crippen LogP contribution < -0.4 is 10.6 Å². The van der Waals surface area contributed by atoms with E-state index in [2.05, 4.69) is 15.6 Å². The lowest BCUT2D eigenvalue weighted by Crippen LogP contribution is -2.53. The van der Waals surface area contributed by atoms with Crippen LogP contribution in [0.5, 0.6) is 0 Å². The second kappa shape index (κ2) is 8.21. The van der Waals surface area contributed by atoms with Gasteiger partial charge in [0, 0.05) is 28.8 Å². The molecule has 32 heavy (non-hydrogen) atoms. The van der Waals surface area contributed by atoms with E-state index in [1.54, 1.807) is 0 Å². The number of thiazole rings is 1. The molecular formula is C24H27F2N3O2S. The van der Waals surface area contributed by atoms with Gasteiger partial charge in [0.25, 0.3) is 0 Å². The number of aryl methyl sites for hydroxylation is 1. The number of nitrogens with one attached hydrogen (secondary N) is 2. The fourth-order valence-electron chi connectivity index (χ4n) is 6.41. The highest BCUT2D eigenvalue weighted by molar-refractivity contribution is 7.16. The van der Waals surface area contributed by atoms with Gasteiger partial charge in [-0.2, -0.15) is 0 Å². The van der Waals surface area contributed by atoms with E-state index in [0.717, 1.165) is 36.3 Å². The molecule has 170 valence electrons. The van der Waals surface area contributed by atoms with Gasteiger partial charge in [0.15, 0.2) is 16.8 Å². The highest BCUT2D eigenvalue weighted by atomic mass is 32.1. The van der Waals surface area contributed by atoms with Crippen molar-refractivity contribution in [3.63, 3.8) is 0 Å². The van der Waals surface area contributed by atoms with E-state index < -0.39 is 11.6 Å². The number of anilines is 1. The van der Waals surface area contributed by atoms with Crippen LogP contribution in [0.1, 0.15) is 49.8 Å². The second-order valence-corrected chi connectivity index (χ2v) is 11.0. The summed E-state index contributed by atoms with van der Waals surface area (Å²) in [7, 11) is 0. The van der Waals surface area contributed by atoms with Gasteiger partial charge in [0.1, 0.15) is 0 Å². The Hall–Kier alpha value is -2.35. The highest BCUT2D eigenvalue weighted by Crippen LogP contribution is 2.60. The first-order valence-corrected chi connectivity index (χ1v) is 12.1. The first-order valence-electron chi connectivity index (χ1n) is 11.3. The van der Waals surface area contributed by atoms with Gasteiger partial charge >= 0.3 is 0 Å². The number of hydrogen-bond donors (Lipinski definition) is 2. The van der Waals surface area contributed by atoms with Crippen LogP contribution in [-0.4, -0.2) is 23.3 Å². The fourth-order valence-corrected chi connectivity index (χ4v) is 7.26. The van der Waals surface area contributed by atoms with Crippen LogP contribution in [0.2, 0.25) is 0 Å². The molecule has 0 aliphatic heterocycles. The maximum Gasteiger partial charge on any atom is 0.227 e. The van der Waals surface area contributed by atoms with E-state index in [4.69, 9.17) is 0 Å². The summed E-state index contributed by atoms with van der Waals surface area (Å²) in [5, 5.41) is 6.18.